The number of aryl methyl sites for hydroxylation is 1. The molecule has 0 fully saturated rings. The third kappa shape index (κ3) is 4.21. The van der Waals surface area contributed by atoms with Crippen molar-refractivity contribution in [3.8, 4) is 11.1 Å². The van der Waals surface area contributed by atoms with E-state index < -0.39 is 0 Å². The first-order valence-electron chi connectivity index (χ1n) is 12.6. The van der Waals surface area contributed by atoms with E-state index >= 15 is 0 Å². The molecular formula is C33H29NO. The summed E-state index contributed by atoms with van der Waals surface area (Å²) in [6.45, 7) is 0. The molecule has 172 valence electrons. The Labute approximate surface area is 206 Å². The van der Waals surface area contributed by atoms with E-state index in [2.05, 4.69) is 78.2 Å². The van der Waals surface area contributed by atoms with E-state index in [0.29, 0.717) is 12.2 Å². The predicted octanol–water partition coefficient (Wildman–Crippen LogP) is 5.33. The zero-order chi connectivity index (χ0) is 23.6. The van der Waals surface area contributed by atoms with Gasteiger partial charge in [-0.25, -0.2) is 0 Å². The topological polar surface area (TPSA) is 29.1 Å². The number of carbonyl (C=O) groups is 1. The third-order valence-electron chi connectivity index (χ3n) is 7.52. The van der Waals surface area contributed by atoms with Gasteiger partial charge in [0.05, 0.1) is 0 Å². The highest BCUT2D eigenvalue weighted by molar-refractivity contribution is 5.87. The first-order chi connectivity index (χ1) is 17.3. The molecule has 3 aromatic rings. The number of nitrogens with one attached hydrogen (secondary N) is 1. The highest BCUT2D eigenvalue weighted by Crippen LogP contribution is 2.34. The Kier molecular flexibility index (Phi) is 5.79. The number of hydrogen-bond acceptors (Lipinski definition) is 2. The van der Waals surface area contributed by atoms with Crippen LogP contribution in [0.25, 0.3) is 23.3 Å². The minimum Gasteiger partial charge on any atom is -0.364 e. The Morgan fingerprint density at radius 3 is 2.63 bits per heavy atom. The van der Waals surface area contributed by atoms with Crippen LogP contribution >= 0.6 is 0 Å². The van der Waals surface area contributed by atoms with Gasteiger partial charge in [0.2, 0.25) is 0 Å². The van der Waals surface area contributed by atoms with Crippen molar-refractivity contribution >= 4 is 17.9 Å². The number of rotatable bonds is 5. The molecule has 3 aliphatic rings. The van der Waals surface area contributed by atoms with E-state index in [1.165, 1.54) is 38.3 Å². The lowest BCUT2D eigenvalue weighted by Gasteiger charge is -2.30. The van der Waals surface area contributed by atoms with Gasteiger partial charge in [0.15, 0.2) is 0 Å². The fourth-order valence-corrected chi connectivity index (χ4v) is 5.73. The molecule has 2 atom stereocenters. The molecule has 6 rings (SSSR count). The molecule has 0 saturated carbocycles. The van der Waals surface area contributed by atoms with Crippen LogP contribution in [0.5, 0.6) is 0 Å². The van der Waals surface area contributed by atoms with Crippen molar-refractivity contribution in [3.63, 3.8) is 0 Å². The third-order valence-corrected chi connectivity index (χ3v) is 7.52. The number of ketones is 1. The standard InChI is InChI=1S/C33H29NO/c35-33(19-14-23-9-3-1-4-10-23)25-21-30-28-16-15-24-11-6-7-12-26(24)27(28)17-18-29(30)31(22-25)32-13-5-2-8-20-34-32/h1-13,16-18,20-21,25,31,34H,14-15,19,22H2. The smallest absolute Gasteiger partial charge is 0.140 e. The van der Waals surface area contributed by atoms with Crippen LogP contribution in [0.15, 0.2) is 103 Å². The lowest BCUT2D eigenvalue weighted by molar-refractivity contribution is -0.121. The largest absolute Gasteiger partial charge is 0.364 e. The fourth-order valence-electron chi connectivity index (χ4n) is 5.73. The maximum absolute atomic E-state index is 13.5. The molecule has 2 heteroatoms. The Bertz CT molecular complexity index is 1490. The van der Waals surface area contributed by atoms with Gasteiger partial charge in [-0.3, -0.25) is 4.79 Å². The van der Waals surface area contributed by atoms with Gasteiger partial charge in [-0.2, -0.15) is 0 Å². The van der Waals surface area contributed by atoms with Gasteiger partial charge >= 0.3 is 0 Å². The van der Waals surface area contributed by atoms with Crippen LogP contribution in [0.3, 0.4) is 0 Å². The molecular weight excluding hydrogens is 426 g/mol. The van der Waals surface area contributed by atoms with E-state index in [4.69, 9.17) is 0 Å². The zero-order valence-electron chi connectivity index (χ0n) is 19.8. The molecule has 0 radical (unpaired) electrons. The summed E-state index contributed by atoms with van der Waals surface area (Å²) in [5, 5.41) is 6.01. The quantitative estimate of drug-likeness (QED) is 0.563. The normalized spacial score (nSPS) is 19.6. The average molecular weight is 456 g/mol. The van der Waals surface area contributed by atoms with Crippen molar-refractivity contribution in [2.24, 2.45) is 5.92 Å². The van der Waals surface area contributed by atoms with Crippen molar-refractivity contribution in [1.82, 2.24) is 5.32 Å². The monoisotopic (exact) mass is 455 g/mol. The predicted molar refractivity (Wildman–Crippen MR) is 144 cm³/mol. The van der Waals surface area contributed by atoms with E-state index in [1.54, 1.807) is 0 Å². The van der Waals surface area contributed by atoms with Crippen LogP contribution in [0.1, 0.15) is 35.4 Å². The minimum atomic E-state index is -0.0906. The summed E-state index contributed by atoms with van der Waals surface area (Å²) in [4.78, 5) is 13.5. The van der Waals surface area contributed by atoms with Crippen molar-refractivity contribution in [2.75, 3.05) is 0 Å². The van der Waals surface area contributed by atoms with Crippen LogP contribution in [0.2, 0.25) is 0 Å². The summed E-state index contributed by atoms with van der Waals surface area (Å²) < 4.78 is 0. The lowest BCUT2D eigenvalue weighted by atomic mass is 9.76. The van der Waals surface area contributed by atoms with Crippen LogP contribution in [0.4, 0.5) is 0 Å². The second-order valence-corrected chi connectivity index (χ2v) is 9.62. The van der Waals surface area contributed by atoms with Gasteiger partial charge in [-0.05, 0) is 69.7 Å². The molecule has 0 bridgehead atoms. The molecule has 1 heterocycles. The van der Waals surface area contributed by atoms with Crippen LogP contribution in [-0.4, -0.2) is 5.78 Å². The first-order valence-corrected chi connectivity index (χ1v) is 12.6. The highest BCUT2D eigenvalue weighted by atomic mass is 16.1. The Morgan fingerprint density at radius 1 is 0.857 bits per heavy atom. The van der Waals surface area contributed by atoms with Gasteiger partial charge in [0.25, 0.3) is 0 Å². The Hall–Kier alpha value is -3.91. The van der Waals surface area contributed by atoms with Crippen molar-refractivity contribution in [2.45, 2.75) is 31.6 Å². The van der Waals surface area contributed by atoms with E-state index in [-0.39, 0.29) is 11.8 Å². The van der Waals surface area contributed by atoms with E-state index in [9.17, 15) is 4.79 Å². The van der Waals surface area contributed by atoms with Crippen LogP contribution < -0.4 is 15.8 Å². The molecule has 3 aromatic carbocycles. The lowest BCUT2D eigenvalue weighted by Crippen LogP contribution is -2.40. The maximum atomic E-state index is 13.5. The second-order valence-electron chi connectivity index (χ2n) is 9.62. The van der Waals surface area contributed by atoms with Gasteiger partial charge < -0.3 is 5.32 Å². The SMILES string of the molecule is O=C(CCc1ccccc1)C1C=c2c(ccc3c2=CCc2ccccc2-3)C(C2=CC=CC=CN2)C1. The zero-order valence-corrected chi connectivity index (χ0v) is 19.8. The molecule has 2 unspecified atom stereocenters. The summed E-state index contributed by atoms with van der Waals surface area (Å²) in [6.07, 6.45) is 18.0. The molecule has 1 aliphatic heterocycles. The van der Waals surface area contributed by atoms with Crippen molar-refractivity contribution < 1.29 is 4.79 Å². The Morgan fingerprint density at radius 2 is 1.71 bits per heavy atom. The number of allylic oxidation sites excluding steroid dienone is 5. The summed E-state index contributed by atoms with van der Waals surface area (Å²) in [6, 6.07) is 23.6. The molecule has 35 heavy (non-hydrogen) atoms. The van der Waals surface area contributed by atoms with Gasteiger partial charge in [-0.15, -0.1) is 0 Å². The molecule has 1 N–H and O–H groups in total. The second kappa shape index (κ2) is 9.38. The van der Waals surface area contributed by atoms with Crippen molar-refractivity contribution in [1.29, 1.82) is 0 Å². The molecule has 0 saturated heterocycles. The molecule has 2 nitrogen and oxygen atoms in total. The van der Waals surface area contributed by atoms with Crippen LogP contribution in [0, 0.1) is 5.92 Å². The average Bonchev–Trinajstić information content (AvgIpc) is 3.21. The number of carbonyl (C=O) groups excluding carboxylic acids is 1. The van der Waals surface area contributed by atoms with Gasteiger partial charge in [-0.1, -0.05) is 91.0 Å². The molecule has 0 amide bonds. The molecule has 2 aliphatic carbocycles. The van der Waals surface area contributed by atoms with Crippen molar-refractivity contribution in [3.05, 3.63) is 130 Å². The number of hydrogen-bond donors (Lipinski definition) is 1. The summed E-state index contributed by atoms with van der Waals surface area (Å²) in [5.74, 6) is 0.398. The minimum absolute atomic E-state index is 0.0906. The van der Waals surface area contributed by atoms with Gasteiger partial charge in [0.1, 0.15) is 5.78 Å². The number of fused-ring (bicyclic) bond motifs is 5. The highest BCUT2D eigenvalue weighted by Gasteiger charge is 2.30. The Balaban J connectivity index is 1.43. The maximum Gasteiger partial charge on any atom is 0.140 e. The van der Waals surface area contributed by atoms with Crippen LogP contribution in [-0.2, 0) is 17.6 Å². The summed E-state index contributed by atoms with van der Waals surface area (Å²) in [7, 11) is 0. The molecule has 0 aromatic heterocycles. The summed E-state index contributed by atoms with van der Waals surface area (Å²) >= 11 is 0. The van der Waals surface area contributed by atoms with Gasteiger partial charge in [0, 0.05) is 30.2 Å². The fraction of sp³-hybridized carbons (Fsp3) is 0.182. The first kappa shape index (κ1) is 21.6. The van der Waals surface area contributed by atoms with E-state index in [1.807, 2.05) is 36.6 Å². The van der Waals surface area contributed by atoms with E-state index in [0.717, 1.165) is 25.0 Å². The molecule has 0 spiro atoms. The number of Topliss-reactive ketones (excluding diaryl/α,β-unsaturated/α-hetero) is 1. The summed E-state index contributed by atoms with van der Waals surface area (Å²) in [5.41, 5.74) is 7.65. The number of benzene rings is 3.